The van der Waals surface area contributed by atoms with Gasteiger partial charge in [0.2, 0.25) is 0 Å². The van der Waals surface area contributed by atoms with Gasteiger partial charge >= 0.3 is 0 Å². The molecule has 1 amide bonds. The normalized spacial score (nSPS) is 10.2. The number of hydrogen-bond acceptors (Lipinski definition) is 2. The highest BCUT2D eigenvalue weighted by atomic mass is 19.1. The van der Waals surface area contributed by atoms with Crippen LogP contribution in [0.25, 0.3) is 0 Å². The van der Waals surface area contributed by atoms with Crippen molar-refractivity contribution in [1.82, 2.24) is 10.6 Å². The summed E-state index contributed by atoms with van der Waals surface area (Å²) in [5, 5.41) is 5.24. The standard InChI is InChI=1S/C11H14F2N2O/c1-7-3-4-8(12)9(10(7)13)11(16)15-6-5-14-2/h3-4,14H,5-6H2,1-2H3,(H,15,16). The summed E-state index contributed by atoms with van der Waals surface area (Å²) in [4.78, 5) is 11.5. The van der Waals surface area contributed by atoms with Crippen molar-refractivity contribution in [3.63, 3.8) is 0 Å². The Morgan fingerprint density at radius 1 is 1.31 bits per heavy atom. The summed E-state index contributed by atoms with van der Waals surface area (Å²) in [5.74, 6) is -2.37. The van der Waals surface area contributed by atoms with Gasteiger partial charge in [-0.25, -0.2) is 8.78 Å². The fraction of sp³-hybridized carbons (Fsp3) is 0.364. The molecule has 0 fully saturated rings. The van der Waals surface area contributed by atoms with Gasteiger partial charge in [0.25, 0.3) is 5.91 Å². The summed E-state index contributed by atoms with van der Waals surface area (Å²) >= 11 is 0. The first kappa shape index (κ1) is 12.6. The lowest BCUT2D eigenvalue weighted by Crippen LogP contribution is -2.31. The van der Waals surface area contributed by atoms with Crippen LogP contribution in [0.5, 0.6) is 0 Å². The zero-order valence-corrected chi connectivity index (χ0v) is 9.23. The van der Waals surface area contributed by atoms with Crippen molar-refractivity contribution in [2.45, 2.75) is 6.92 Å². The monoisotopic (exact) mass is 228 g/mol. The van der Waals surface area contributed by atoms with Gasteiger partial charge in [-0.15, -0.1) is 0 Å². The predicted octanol–water partition coefficient (Wildman–Crippen LogP) is 1.22. The van der Waals surface area contributed by atoms with Crippen LogP contribution >= 0.6 is 0 Å². The van der Waals surface area contributed by atoms with Gasteiger partial charge in [-0.3, -0.25) is 4.79 Å². The van der Waals surface area contributed by atoms with Gasteiger partial charge in [-0.1, -0.05) is 6.07 Å². The smallest absolute Gasteiger partial charge is 0.257 e. The van der Waals surface area contributed by atoms with Gasteiger partial charge in [0.15, 0.2) is 0 Å². The third kappa shape index (κ3) is 2.76. The molecule has 2 N–H and O–H groups in total. The van der Waals surface area contributed by atoms with E-state index in [9.17, 15) is 13.6 Å². The molecule has 16 heavy (non-hydrogen) atoms. The van der Waals surface area contributed by atoms with E-state index in [2.05, 4.69) is 10.6 Å². The van der Waals surface area contributed by atoms with Crippen LogP contribution in [0, 0.1) is 18.6 Å². The van der Waals surface area contributed by atoms with Gasteiger partial charge in [0.1, 0.15) is 17.2 Å². The highest BCUT2D eigenvalue weighted by molar-refractivity contribution is 5.94. The summed E-state index contributed by atoms with van der Waals surface area (Å²) < 4.78 is 26.8. The second-order valence-corrected chi connectivity index (χ2v) is 3.41. The number of aryl methyl sites for hydroxylation is 1. The Bertz CT molecular complexity index is 394. The highest BCUT2D eigenvalue weighted by Crippen LogP contribution is 2.15. The lowest BCUT2D eigenvalue weighted by Gasteiger charge is -2.08. The van der Waals surface area contributed by atoms with E-state index in [4.69, 9.17) is 0 Å². The molecule has 0 spiro atoms. The number of carbonyl (C=O) groups is 1. The van der Waals surface area contributed by atoms with Crippen LogP contribution in [0.1, 0.15) is 15.9 Å². The molecule has 1 aromatic carbocycles. The topological polar surface area (TPSA) is 41.1 Å². The summed E-state index contributed by atoms with van der Waals surface area (Å²) in [6, 6.07) is 2.39. The fourth-order valence-electron chi connectivity index (χ4n) is 1.25. The SMILES string of the molecule is CNCCNC(=O)c1c(F)ccc(C)c1F. The third-order valence-electron chi connectivity index (χ3n) is 2.17. The molecular weight excluding hydrogens is 214 g/mol. The number of benzene rings is 1. The van der Waals surface area contributed by atoms with E-state index in [1.165, 1.54) is 13.0 Å². The minimum absolute atomic E-state index is 0.250. The minimum Gasteiger partial charge on any atom is -0.351 e. The Hall–Kier alpha value is -1.49. The van der Waals surface area contributed by atoms with Crippen LogP contribution in [0.15, 0.2) is 12.1 Å². The Morgan fingerprint density at radius 2 is 2.00 bits per heavy atom. The van der Waals surface area contributed by atoms with Crippen LogP contribution in [0.2, 0.25) is 0 Å². The van der Waals surface area contributed by atoms with Crippen molar-refractivity contribution in [3.05, 3.63) is 34.9 Å². The Balaban J connectivity index is 2.86. The maximum Gasteiger partial charge on any atom is 0.257 e. The number of rotatable bonds is 4. The fourth-order valence-corrected chi connectivity index (χ4v) is 1.25. The van der Waals surface area contributed by atoms with Gasteiger partial charge in [0.05, 0.1) is 0 Å². The molecule has 0 aliphatic rings. The number of carbonyl (C=O) groups excluding carboxylic acids is 1. The quantitative estimate of drug-likeness (QED) is 0.761. The first-order chi connectivity index (χ1) is 7.57. The number of halogens is 2. The van der Waals surface area contributed by atoms with E-state index in [0.717, 1.165) is 6.07 Å². The second kappa shape index (κ2) is 5.55. The van der Waals surface area contributed by atoms with E-state index in [1.807, 2.05) is 0 Å². The number of amides is 1. The van der Waals surface area contributed by atoms with Crippen LogP contribution < -0.4 is 10.6 Å². The third-order valence-corrected chi connectivity index (χ3v) is 2.17. The molecular formula is C11H14F2N2O. The number of hydrogen-bond donors (Lipinski definition) is 2. The minimum atomic E-state index is -0.843. The summed E-state index contributed by atoms with van der Waals surface area (Å²) in [6.07, 6.45) is 0. The van der Waals surface area contributed by atoms with Crippen LogP contribution in [-0.2, 0) is 0 Å². The molecule has 0 radical (unpaired) electrons. The molecule has 5 heteroatoms. The van der Waals surface area contributed by atoms with E-state index in [0.29, 0.717) is 13.1 Å². The second-order valence-electron chi connectivity index (χ2n) is 3.41. The van der Waals surface area contributed by atoms with E-state index in [-0.39, 0.29) is 5.56 Å². The largest absolute Gasteiger partial charge is 0.351 e. The summed E-state index contributed by atoms with van der Waals surface area (Å²) in [7, 11) is 1.72. The molecule has 0 heterocycles. The maximum absolute atomic E-state index is 13.5. The number of likely N-dealkylation sites (N-methyl/N-ethyl adjacent to an activating group) is 1. The average molecular weight is 228 g/mol. The molecule has 0 aromatic heterocycles. The van der Waals surface area contributed by atoms with E-state index < -0.39 is 23.1 Å². The molecule has 88 valence electrons. The van der Waals surface area contributed by atoms with Crippen molar-refractivity contribution < 1.29 is 13.6 Å². The zero-order chi connectivity index (χ0) is 12.1. The van der Waals surface area contributed by atoms with Gasteiger partial charge in [-0.05, 0) is 25.6 Å². The zero-order valence-electron chi connectivity index (χ0n) is 9.23. The van der Waals surface area contributed by atoms with Crippen LogP contribution in [0.3, 0.4) is 0 Å². The van der Waals surface area contributed by atoms with Crippen molar-refractivity contribution >= 4 is 5.91 Å². The molecule has 0 bridgehead atoms. The predicted molar refractivity (Wildman–Crippen MR) is 57.4 cm³/mol. The van der Waals surface area contributed by atoms with Crippen molar-refractivity contribution in [2.75, 3.05) is 20.1 Å². The number of nitrogens with one attached hydrogen (secondary N) is 2. The molecule has 1 aromatic rings. The van der Waals surface area contributed by atoms with Crippen molar-refractivity contribution in [3.8, 4) is 0 Å². The lowest BCUT2D eigenvalue weighted by atomic mass is 10.1. The molecule has 3 nitrogen and oxygen atoms in total. The molecule has 0 unspecified atom stereocenters. The maximum atomic E-state index is 13.5. The van der Waals surface area contributed by atoms with Crippen molar-refractivity contribution in [1.29, 1.82) is 0 Å². The van der Waals surface area contributed by atoms with Crippen LogP contribution in [0.4, 0.5) is 8.78 Å². The first-order valence-electron chi connectivity index (χ1n) is 4.95. The Kier molecular flexibility index (Phi) is 4.37. The molecule has 0 atom stereocenters. The Labute approximate surface area is 92.8 Å². The van der Waals surface area contributed by atoms with Crippen molar-refractivity contribution in [2.24, 2.45) is 0 Å². The summed E-state index contributed by atoms with van der Waals surface area (Å²) in [5.41, 5.74) is -0.267. The molecule has 0 saturated heterocycles. The van der Waals surface area contributed by atoms with Gasteiger partial charge in [0, 0.05) is 13.1 Å². The van der Waals surface area contributed by atoms with E-state index in [1.54, 1.807) is 7.05 Å². The molecule has 0 aliphatic heterocycles. The molecule has 0 aliphatic carbocycles. The van der Waals surface area contributed by atoms with Crippen LogP contribution in [-0.4, -0.2) is 26.0 Å². The average Bonchev–Trinajstić information content (AvgIpc) is 2.24. The van der Waals surface area contributed by atoms with Gasteiger partial charge < -0.3 is 10.6 Å². The first-order valence-corrected chi connectivity index (χ1v) is 4.95. The van der Waals surface area contributed by atoms with E-state index >= 15 is 0 Å². The van der Waals surface area contributed by atoms with Gasteiger partial charge in [-0.2, -0.15) is 0 Å². The summed E-state index contributed by atoms with van der Waals surface area (Å²) in [6.45, 7) is 2.35. The molecule has 0 saturated carbocycles. The molecule has 1 rings (SSSR count). The lowest BCUT2D eigenvalue weighted by molar-refractivity contribution is 0.0945. The highest BCUT2D eigenvalue weighted by Gasteiger charge is 2.18. The Morgan fingerprint density at radius 3 is 2.62 bits per heavy atom.